The van der Waals surface area contributed by atoms with Crippen molar-refractivity contribution in [2.75, 3.05) is 18.2 Å². The first-order valence-electron chi connectivity index (χ1n) is 12.5. The second-order valence-electron chi connectivity index (χ2n) is 11.3. The molecule has 1 aliphatic carbocycles. The average Bonchev–Trinajstić information content (AvgIpc) is 3.42. The van der Waals surface area contributed by atoms with Gasteiger partial charge in [-0.1, -0.05) is 58.6 Å². The van der Waals surface area contributed by atoms with E-state index >= 15 is 0 Å². The van der Waals surface area contributed by atoms with Crippen LogP contribution in [-0.4, -0.2) is 45.3 Å². The van der Waals surface area contributed by atoms with Crippen molar-refractivity contribution in [3.63, 3.8) is 0 Å². The molecule has 0 radical (unpaired) electrons. The van der Waals surface area contributed by atoms with E-state index in [1.807, 2.05) is 12.3 Å². The molecule has 1 fully saturated rings. The average molecular weight is 520 g/mol. The van der Waals surface area contributed by atoms with Crippen LogP contribution >= 0.6 is 0 Å². The highest BCUT2D eigenvalue weighted by Crippen LogP contribution is 2.37. The minimum Gasteiger partial charge on any atom is -0.415 e. The molecular weight excluding hydrogens is 478 g/mol. The molecule has 35 heavy (non-hydrogen) atoms. The van der Waals surface area contributed by atoms with Crippen molar-refractivity contribution in [3.05, 3.63) is 42.1 Å². The van der Waals surface area contributed by atoms with Gasteiger partial charge in [-0.3, -0.25) is 9.48 Å². The largest absolute Gasteiger partial charge is 0.415 e. The lowest BCUT2D eigenvalue weighted by molar-refractivity contribution is -0.118. The van der Waals surface area contributed by atoms with Crippen LogP contribution in [0.25, 0.3) is 0 Å². The molecule has 1 unspecified atom stereocenters. The third-order valence-corrected chi connectivity index (χ3v) is 13.2. The van der Waals surface area contributed by atoms with Gasteiger partial charge in [0.15, 0.2) is 24.0 Å². The molecule has 0 bridgehead atoms. The lowest BCUT2D eigenvalue weighted by atomic mass is 9.87. The molecule has 2 aromatic rings. The van der Waals surface area contributed by atoms with Crippen LogP contribution in [0.15, 0.2) is 41.4 Å². The van der Waals surface area contributed by atoms with Crippen molar-refractivity contribution in [2.24, 2.45) is 5.92 Å². The summed E-state index contributed by atoms with van der Waals surface area (Å²) in [4.78, 5) is 13.6. The minimum atomic E-state index is -3.28. The summed E-state index contributed by atoms with van der Waals surface area (Å²) in [6.07, 6.45) is 8.48. The zero-order chi connectivity index (χ0) is 25.9. The van der Waals surface area contributed by atoms with Gasteiger partial charge in [0.05, 0.1) is 24.0 Å². The van der Waals surface area contributed by atoms with Crippen LogP contribution in [0, 0.1) is 5.92 Å². The van der Waals surface area contributed by atoms with E-state index in [4.69, 9.17) is 4.43 Å². The van der Waals surface area contributed by atoms with E-state index in [9.17, 15) is 13.2 Å². The molecule has 1 aromatic carbocycles. The van der Waals surface area contributed by atoms with Crippen molar-refractivity contribution < 1.29 is 17.6 Å². The molecule has 0 aliphatic heterocycles. The molecule has 1 saturated carbocycles. The smallest absolute Gasteiger partial charge is 0.233 e. The number of rotatable bonds is 10. The molecule has 1 aromatic heterocycles. The molecule has 1 aliphatic rings. The van der Waals surface area contributed by atoms with Crippen molar-refractivity contribution in [2.45, 2.75) is 88.4 Å². The third kappa shape index (κ3) is 7.51. The van der Waals surface area contributed by atoms with E-state index in [0.717, 1.165) is 24.8 Å². The van der Waals surface area contributed by atoms with Crippen molar-refractivity contribution in [1.82, 2.24) is 9.78 Å². The minimum absolute atomic E-state index is 0.105. The maximum atomic E-state index is 13.4. The maximum absolute atomic E-state index is 13.4. The molecule has 0 spiro atoms. The van der Waals surface area contributed by atoms with Crippen LogP contribution in [0.3, 0.4) is 0 Å². The topological polar surface area (TPSA) is 90.3 Å². The zero-order valence-electron chi connectivity index (χ0n) is 22.0. The quantitative estimate of drug-likeness (QED) is 0.412. The van der Waals surface area contributed by atoms with Gasteiger partial charge in [0.25, 0.3) is 0 Å². The number of anilines is 1. The number of hydrogen-bond donors (Lipinski definition) is 1. The van der Waals surface area contributed by atoms with E-state index in [1.165, 1.54) is 19.1 Å². The molecule has 7 nitrogen and oxygen atoms in total. The Morgan fingerprint density at radius 3 is 2.37 bits per heavy atom. The SMILES string of the molecule is CC(C)(C)[Si](C)(C)OCCn1ccc(NC(=O)C(CC2CCCC2)c2ccc(S(C)(=O)=O)cc2)n1. The highest BCUT2D eigenvalue weighted by atomic mass is 32.2. The third-order valence-electron chi connectivity index (χ3n) is 7.55. The number of hydrogen-bond acceptors (Lipinski definition) is 5. The van der Waals surface area contributed by atoms with Crippen molar-refractivity contribution >= 4 is 29.9 Å². The molecule has 1 atom stereocenters. The van der Waals surface area contributed by atoms with Gasteiger partial charge in [0.2, 0.25) is 5.91 Å². The lowest BCUT2D eigenvalue weighted by Gasteiger charge is -2.36. The molecule has 194 valence electrons. The van der Waals surface area contributed by atoms with E-state index in [0.29, 0.717) is 24.9 Å². The fourth-order valence-electron chi connectivity index (χ4n) is 4.30. The zero-order valence-corrected chi connectivity index (χ0v) is 23.8. The Labute approximate surface area is 211 Å². The number of nitrogens with zero attached hydrogens (tertiary/aromatic N) is 2. The number of benzene rings is 1. The molecule has 1 amide bonds. The highest BCUT2D eigenvalue weighted by molar-refractivity contribution is 7.90. The Bertz CT molecular complexity index is 1100. The highest BCUT2D eigenvalue weighted by Gasteiger charge is 2.37. The van der Waals surface area contributed by atoms with Crippen LogP contribution in [0.4, 0.5) is 5.82 Å². The predicted octanol–water partition coefficient (Wildman–Crippen LogP) is 5.61. The summed E-state index contributed by atoms with van der Waals surface area (Å²) in [5, 5.41) is 7.67. The summed E-state index contributed by atoms with van der Waals surface area (Å²) < 4.78 is 31.7. The van der Waals surface area contributed by atoms with Crippen LogP contribution in [0.2, 0.25) is 18.1 Å². The monoisotopic (exact) mass is 519 g/mol. The Kier molecular flexibility index (Phi) is 8.65. The molecular formula is C26H41N3O4SSi. The maximum Gasteiger partial charge on any atom is 0.233 e. The van der Waals surface area contributed by atoms with Crippen LogP contribution < -0.4 is 5.32 Å². The molecule has 1 heterocycles. The second-order valence-corrected chi connectivity index (χ2v) is 18.2. The van der Waals surface area contributed by atoms with Crippen molar-refractivity contribution in [3.8, 4) is 0 Å². The Morgan fingerprint density at radius 1 is 1.17 bits per heavy atom. The van der Waals surface area contributed by atoms with Crippen LogP contribution in [-0.2, 0) is 25.6 Å². The summed E-state index contributed by atoms with van der Waals surface area (Å²) in [6, 6.07) is 8.54. The second kappa shape index (κ2) is 11.0. The van der Waals surface area contributed by atoms with Gasteiger partial charge in [-0.25, -0.2) is 8.42 Å². The van der Waals surface area contributed by atoms with E-state index in [-0.39, 0.29) is 21.8 Å². The number of aromatic nitrogens is 2. The van der Waals surface area contributed by atoms with Gasteiger partial charge in [0, 0.05) is 18.5 Å². The standard InChI is InChI=1S/C26H41N3O4SSi/c1-26(2,3)35(5,6)33-18-17-29-16-15-24(28-29)27-25(30)23(19-20-9-7-8-10-20)21-11-13-22(14-12-21)34(4,31)32/h11-16,20,23H,7-10,17-19H2,1-6H3,(H,27,28,30). The fraction of sp³-hybridized carbons (Fsp3) is 0.615. The van der Waals surface area contributed by atoms with E-state index < -0.39 is 18.2 Å². The normalized spacial score (nSPS) is 16.4. The Hall–Kier alpha value is -1.97. The van der Waals surface area contributed by atoms with Gasteiger partial charge in [-0.2, -0.15) is 5.10 Å². The first-order chi connectivity index (χ1) is 16.3. The molecule has 9 heteroatoms. The Morgan fingerprint density at radius 2 is 1.80 bits per heavy atom. The van der Waals surface area contributed by atoms with Gasteiger partial charge < -0.3 is 9.74 Å². The number of carbonyl (C=O) groups excluding carboxylic acids is 1. The van der Waals surface area contributed by atoms with Crippen molar-refractivity contribution in [1.29, 1.82) is 0 Å². The summed E-state index contributed by atoms with van der Waals surface area (Å²) in [5.74, 6) is 0.572. The van der Waals surface area contributed by atoms with E-state index in [2.05, 4.69) is 44.3 Å². The summed E-state index contributed by atoms with van der Waals surface area (Å²) >= 11 is 0. The summed E-state index contributed by atoms with van der Waals surface area (Å²) in [7, 11) is -5.09. The first-order valence-corrected chi connectivity index (χ1v) is 17.3. The van der Waals surface area contributed by atoms with Crippen LogP contribution in [0.5, 0.6) is 0 Å². The predicted molar refractivity (Wildman–Crippen MR) is 143 cm³/mol. The Balaban J connectivity index is 1.67. The molecule has 3 rings (SSSR count). The number of amides is 1. The lowest BCUT2D eigenvalue weighted by Crippen LogP contribution is -2.41. The molecule has 0 saturated heterocycles. The fourth-order valence-corrected chi connectivity index (χ4v) is 5.96. The summed E-state index contributed by atoms with van der Waals surface area (Å²) in [5.41, 5.74) is 0.837. The van der Waals surface area contributed by atoms with E-state index in [1.54, 1.807) is 28.9 Å². The number of carbonyl (C=O) groups is 1. The first kappa shape index (κ1) is 27.6. The van der Waals surface area contributed by atoms with Crippen LogP contribution in [0.1, 0.15) is 64.4 Å². The van der Waals surface area contributed by atoms with Gasteiger partial charge in [0.1, 0.15) is 0 Å². The van der Waals surface area contributed by atoms with Gasteiger partial charge >= 0.3 is 0 Å². The van der Waals surface area contributed by atoms with Gasteiger partial charge in [-0.15, -0.1) is 0 Å². The molecule has 1 N–H and O–H groups in total. The number of sulfone groups is 1. The number of nitrogens with one attached hydrogen (secondary N) is 1. The summed E-state index contributed by atoms with van der Waals surface area (Å²) in [6.45, 7) is 12.3. The van der Waals surface area contributed by atoms with Gasteiger partial charge in [-0.05, 0) is 48.2 Å².